The van der Waals surface area contributed by atoms with E-state index in [1.165, 1.54) is 12.1 Å². The van der Waals surface area contributed by atoms with E-state index in [0.29, 0.717) is 6.07 Å². The Balaban J connectivity index is 1.79. The monoisotopic (exact) mass is 621 g/mol. The number of nitrogens with zero attached hydrogens (tertiary/aromatic N) is 1. The Bertz CT molecular complexity index is 1510. The predicted molar refractivity (Wildman–Crippen MR) is 138 cm³/mol. The maximum Gasteiger partial charge on any atom is 0.419 e. The van der Waals surface area contributed by atoms with Crippen LogP contribution in [0.4, 0.5) is 30.7 Å². The number of benzene rings is 3. The summed E-state index contributed by atoms with van der Waals surface area (Å²) in [4.78, 5) is 11.8. The molecule has 0 spiro atoms. The molecule has 0 saturated carbocycles. The molecule has 0 bridgehead atoms. The van der Waals surface area contributed by atoms with Gasteiger partial charge in [-0.3, -0.25) is 9.69 Å². The van der Waals surface area contributed by atoms with Crippen LogP contribution >= 0.6 is 0 Å². The number of rotatable bonds is 13. The lowest BCUT2D eigenvalue weighted by Crippen LogP contribution is -2.36. The van der Waals surface area contributed by atoms with E-state index < -0.39 is 75.7 Å². The van der Waals surface area contributed by atoms with Gasteiger partial charge in [-0.1, -0.05) is 30.3 Å². The van der Waals surface area contributed by atoms with Crippen molar-refractivity contribution in [2.75, 3.05) is 26.0 Å². The van der Waals surface area contributed by atoms with Gasteiger partial charge in [0.05, 0.1) is 30.0 Å². The molecule has 3 rings (SSSR count). The molecule has 42 heavy (non-hydrogen) atoms. The average Bonchev–Trinajstić information content (AvgIpc) is 2.87. The van der Waals surface area contributed by atoms with Gasteiger partial charge in [0, 0.05) is 30.5 Å². The van der Waals surface area contributed by atoms with Crippen LogP contribution in [0.5, 0.6) is 5.75 Å². The van der Waals surface area contributed by atoms with E-state index in [9.17, 15) is 35.2 Å². The summed E-state index contributed by atoms with van der Waals surface area (Å²) < 4.78 is 128. The molecule has 3 aromatic carbocycles. The highest BCUT2D eigenvalue weighted by Crippen LogP contribution is 2.34. The lowest BCUT2D eigenvalue weighted by atomic mass is 10.1. The van der Waals surface area contributed by atoms with Gasteiger partial charge in [0.2, 0.25) is 0 Å². The van der Waals surface area contributed by atoms with E-state index in [1.807, 2.05) is 0 Å². The third-order valence-corrected chi connectivity index (χ3v) is 7.31. The minimum absolute atomic E-state index is 0.00512. The van der Waals surface area contributed by atoms with Crippen LogP contribution < -0.4 is 4.74 Å². The number of hydrogen-bond acceptors (Lipinski definition) is 5. The third kappa shape index (κ3) is 8.92. The summed E-state index contributed by atoms with van der Waals surface area (Å²) in [6.45, 7) is -2.03. The Morgan fingerprint density at radius 1 is 0.952 bits per heavy atom. The third-order valence-electron chi connectivity index (χ3n) is 6.13. The number of ether oxygens (including phenoxy) is 1. The van der Waals surface area contributed by atoms with E-state index >= 15 is 8.78 Å². The van der Waals surface area contributed by atoms with Crippen LogP contribution in [-0.4, -0.2) is 50.3 Å². The quantitative estimate of drug-likeness (QED) is 0.184. The molecule has 0 fully saturated rings. The summed E-state index contributed by atoms with van der Waals surface area (Å²) in [6.07, 6.45) is -4.65. The SMILES string of the molecule is CS(=O)(=O)c1cc(OCCCN(Cc2cccc(C(F)(F)F)c2F)CC(F)(F)c2ccc(F)cc2)ccc1CC(=O)O. The normalized spacial score (nSPS) is 12.5. The van der Waals surface area contributed by atoms with Crippen molar-refractivity contribution in [3.05, 3.63) is 94.6 Å². The van der Waals surface area contributed by atoms with Crippen LogP contribution in [0.3, 0.4) is 0 Å². The van der Waals surface area contributed by atoms with Gasteiger partial charge in [0.25, 0.3) is 5.92 Å². The number of carboxylic acid groups (broad SMARTS) is 1. The van der Waals surface area contributed by atoms with Gasteiger partial charge < -0.3 is 9.84 Å². The Morgan fingerprint density at radius 2 is 1.62 bits per heavy atom. The van der Waals surface area contributed by atoms with E-state index in [1.54, 1.807) is 0 Å². The Labute approximate surface area is 237 Å². The van der Waals surface area contributed by atoms with E-state index in [2.05, 4.69) is 0 Å². The van der Waals surface area contributed by atoms with Crippen molar-refractivity contribution in [1.82, 2.24) is 4.90 Å². The first-order chi connectivity index (χ1) is 19.5. The molecule has 0 radical (unpaired) electrons. The summed E-state index contributed by atoms with van der Waals surface area (Å²) in [5.74, 6) is -7.12. The maximum atomic E-state index is 15.1. The van der Waals surface area contributed by atoms with Crippen LogP contribution in [0.2, 0.25) is 0 Å². The van der Waals surface area contributed by atoms with Crippen molar-refractivity contribution in [2.45, 2.75) is 36.4 Å². The second-order valence-electron chi connectivity index (χ2n) is 9.51. The van der Waals surface area contributed by atoms with Gasteiger partial charge in [0.1, 0.15) is 17.4 Å². The first-order valence-electron chi connectivity index (χ1n) is 12.4. The van der Waals surface area contributed by atoms with Gasteiger partial charge in [0.15, 0.2) is 9.84 Å². The number of carbonyl (C=O) groups is 1. The minimum Gasteiger partial charge on any atom is -0.494 e. The lowest BCUT2D eigenvalue weighted by molar-refractivity contribution is -0.140. The van der Waals surface area contributed by atoms with Gasteiger partial charge in [-0.15, -0.1) is 0 Å². The molecule has 0 aromatic heterocycles. The van der Waals surface area contributed by atoms with Crippen molar-refractivity contribution in [3.63, 3.8) is 0 Å². The molecule has 0 aliphatic rings. The van der Waals surface area contributed by atoms with Gasteiger partial charge in [-0.2, -0.15) is 22.0 Å². The summed E-state index contributed by atoms with van der Waals surface area (Å²) in [6, 6.07) is 9.70. The standard InChI is InChI=1S/C28H26F7NO5S/c1-42(39,40)24-15-22(11-6-18(24)14-25(37)38)41-13-3-12-36(17-27(31,32)20-7-9-21(29)10-8-20)16-19-4-2-5-23(26(19)30)28(33,34)35/h2,4-11,15H,3,12-14,16-17H2,1H3,(H,37,38). The van der Waals surface area contributed by atoms with Crippen LogP contribution in [0.15, 0.2) is 65.6 Å². The van der Waals surface area contributed by atoms with Crippen molar-refractivity contribution in [1.29, 1.82) is 0 Å². The predicted octanol–water partition coefficient (Wildman–Crippen LogP) is 6.08. The number of halogens is 7. The van der Waals surface area contributed by atoms with Gasteiger partial charge in [-0.25, -0.2) is 17.2 Å². The molecule has 14 heteroatoms. The fourth-order valence-corrected chi connectivity index (χ4v) is 5.15. The number of aliphatic carboxylic acids is 1. The zero-order chi connectivity index (χ0) is 31.3. The fourth-order valence-electron chi connectivity index (χ4n) is 4.20. The molecule has 0 aliphatic heterocycles. The molecule has 0 atom stereocenters. The number of sulfone groups is 1. The first kappa shape index (κ1) is 32.9. The highest BCUT2D eigenvalue weighted by Gasteiger charge is 2.37. The lowest BCUT2D eigenvalue weighted by Gasteiger charge is -2.28. The van der Waals surface area contributed by atoms with Crippen molar-refractivity contribution in [2.24, 2.45) is 0 Å². The zero-order valence-corrected chi connectivity index (χ0v) is 22.9. The highest BCUT2D eigenvalue weighted by molar-refractivity contribution is 7.90. The summed E-state index contributed by atoms with van der Waals surface area (Å²) in [5, 5.41) is 9.02. The molecule has 0 aliphatic carbocycles. The molecule has 0 unspecified atom stereocenters. The second-order valence-corrected chi connectivity index (χ2v) is 11.5. The molecule has 0 amide bonds. The first-order valence-corrected chi connectivity index (χ1v) is 14.2. The summed E-state index contributed by atoms with van der Waals surface area (Å²) in [7, 11) is -3.82. The Morgan fingerprint density at radius 3 is 2.21 bits per heavy atom. The number of hydrogen-bond donors (Lipinski definition) is 1. The molecule has 0 heterocycles. The smallest absolute Gasteiger partial charge is 0.419 e. The largest absolute Gasteiger partial charge is 0.494 e. The highest BCUT2D eigenvalue weighted by atomic mass is 32.2. The minimum atomic E-state index is -5.00. The van der Waals surface area contributed by atoms with Crippen molar-refractivity contribution in [3.8, 4) is 5.75 Å². The number of alkyl halides is 5. The van der Waals surface area contributed by atoms with Crippen molar-refractivity contribution >= 4 is 15.8 Å². The fraction of sp³-hybridized carbons (Fsp3) is 0.321. The summed E-state index contributed by atoms with van der Waals surface area (Å²) >= 11 is 0. The molecule has 6 nitrogen and oxygen atoms in total. The van der Waals surface area contributed by atoms with E-state index in [0.717, 1.165) is 53.6 Å². The Kier molecular flexibility index (Phi) is 10.3. The van der Waals surface area contributed by atoms with Crippen LogP contribution in [0, 0.1) is 11.6 Å². The molecule has 228 valence electrons. The summed E-state index contributed by atoms with van der Waals surface area (Å²) in [5.41, 5.74) is -2.52. The van der Waals surface area contributed by atoms with Crippen LogP contribution in [0.25, 0.3) is 0 Å². The molecule has 1 N–H and O–H groups in total. The van der Waals surface area contributed by atoms with Gasteiger partial charge in [-0.05, 0) is 42.3 Å². The molecular formula is C28H26F7NO5S. The van der Waals surface area contributed by atoms with E-state index in [-0.39, 0.29) is 35.8 Å². The molecular weight excluding hydrogens is 595 g/mol. The topological polar surface area (TPSA) is 83.9 Å². The Hall–Kier alpha value is -3.65. The van der Waals surface area contributed by atoms with Gasteiger partial charge >= 0.3 is 12.1 Å². The van der Waals surface area contributed by atoms with Crippen molar-refractivity contribution < 1.29 is 53.8 Å². The van der Waals surface area contributed by atoms with Crippen LogP contribution in [0.1, 0.15) is 28.7 Å². The second kappa shape index (κ2) is 13.1. The molecule has 3 aromatic rings. The average molecular weight is 622 g/mol. The molecule has 0 saturated heterocycles. The number of carboxylic acids is 1. The maximum absolute atomic E-state index is 15.1. The van der Waals surface area contributed by atoms with E-state index in [4.69, 9.17) is 9.84 Å². The zero-order valence-electron chi connectivity index (χ0n) is 22.1. The van der Waals surface area contributed by atoms with Crippen LogP contribution in [-0.2, 0) is 39.7 Å².